The topological polar surface area (TPSA) is 90.4 Å². The summed E-state index contributed by atoms with van der Waals surface area (Å²) >= 11 is 4.73. The SMILES string of the molecule is Cc1cc(C(=O)Nc2cccc(OCC(N)=S)c2)no1. The van der Waals surface area contributed by atoms with Gasteiger partial charge in [0.2, 0.25) is 0 Å². The van der Waals surface area contributed by atoms with Crippen LogP contribution in [0, 0.1) is 6.92 Å². The van der Waals surface area contributed by atoms with Gasteiger partial charge in [-0.2, -0.15) is 0 Å². The van der Waals surface area contributed by atoms with Crippen molar-refractivity contribution in [3.05, 3.63) is 41.8 Å². The fraction of sp³-hybridized carbons (Fsp3) is 0.154. The Morgan fingerprint density at radius 1 is 1.50 bits per heavy atom. The van der Waals surface area contributed by atoms with Crippen LogP contribution in [0.4, 0.5) is 5.69 Å². The predicted molar refractivity (Wildman–Crippen MR) is 77.9 cm³/mol. The van der Waals surface area contributed by atoms with Crippen molar-refractivity contribution in [1.29, 1.82) is 0 Å². The van der Waals surface area contributed by atoms with Crippen molar-refractivity contribution in [3.8, 4) is 5.75 Å². The number of rotatable bonds is 5. The first-order valence-electron chi connectivity index (χ1n) is 5.80. The number of anilines is 1. The maximum absolute atomic E-state index is 11.9. The Balaban J connectivity index is 2.04. The van der Waals surface area contributed by atoms with E-state index < -0.39 is 0 Å². The zero-order valence-corrected chi connectivity index (χ0v) is 11.6. The first kappa shape index (κ1) is 14.0. The molecule has 6 nitrogen and oxygen atoms in total. The minimum Gasteiger partial charge on any atom is -0.486 e. The van der Waals surface area contributed by atoms with Crippen LogP contribution in [0.25, 0.3) is 0 Å². The van der Waals surface area contributed by atoms with E-state index in [2.05, 4.69) is 10.5 Å². The number of aryl methyl sites for hydroxylation is 1. The highest BCUT2D eigenvalue weighted by Gasteiger charge is 2.11. The minimum atomic E-state index is -0.353. The summed E-state index contributed by atoms with van der Waals surface area (Å²) in [4.78, 5) is 12.2. The molecule has 0 saturated carbocycles. The number of thiocarbonyl (C=S) groups is 1. The van der Waals surface area contributed by atoms with Gasteiger partial charge in [0.05, 0.1) is 0 Å². The second-order valence-electron chi connectivity index (χ2n) is 4.06. The number of nitrogens with two attached hydrogens (primary N) is 1. The van der Waals surface area contributed by atoms with Gasteiger partial charge in [-0.05, 0) is 19.1 Å². The van der Waals surface area contributed by atoms with E-state index in [0.29, 0.717) is 17.2 Å². The number of ether oxygens (including phenoxy) is 1. The molecule has 1 amide bonds. The molecular weight excluding hydrogens is 278 g/mol. The zero-order valence-electron chi connectivity index (χ0n) is 10.8. The maximum atomic E-state index is 11.9. The number of carbonyl (C=O) groups excluding carboxylic acids is 1. The number of benzene rings is 1. The summed E-state index contributed by atoms with van der Waals surface area (Å²) in [6.45, 7) is 1.86. The van der Waals surface area contributed by atoms with Crippen LogP contribution in [0.2, 0.25) is 0 Å². The van der Waals surface area contributed by atoms with Crippen LogP contribution < -0.4 is 15.8 Å². The number of nitrogens with one attached hydrogen (secondary N) is 1. The van der Waals surface area contributed by atoms with E-state index in [1.54, 1.807) is 37.3 Å². The molecular formula is C13H13N3O3S. The molecule has 0 aliphatic carbocycles. The normalized spacial score (nSPS) is 10.1. The van der Waals surface area contributed by atoms with Gasteiger partial charge in [0.25, 0.3) is 5.91 Å². The van der Waals surface area contributed by atoms with Gasteiger partial charge in [-0.3, -0.25) is 4.79 Å². The van der Waals surface area contributed by atoms with Crippen molar-refractivity contribution >= 4 is 28.8 Å². The van der Waals surface area contributed by atoms with Crippen LogP contribution in [0.5, 0.6) is 5.75 Å². The Kier molecular flexibility index (Phi) is 4.31. The molecule has 0 radical (unpaired) electrons. The van der Waals surface area contributed by atoms with E-state index in [0.717, 1.165) is 0 Å². The summed E-state index contributed by atoms with van der Waals surface area (Å²) in [7, 11) is 0. The molecule has 20 heavy (non-hydrogen) atoms. The maximum Gasteiger partial charge on any atom is 0.277 e. The number of aromatic nitrogens is 1. The van der Waals surface area contributed by atoms with Gasteiger partial charge in [0, 0.05) is 17.8 Å². The molecule has 0 aliphatic heterocycles. The lowest BCUT2D eigenvalue weighted by atomic mass is 10.3. The van der Waals surface area contributed by atoms with Crippen molar-refractivity contribution in [2.24, 2.45) is 5.73 Å². The van der Waals surface area contributed by atoms with E-state index in [4.69, 9.17) is 27.2 Å². The molecule has 0 saturated heterocycles. The van der Waals surface area contributed by atoms with Gasteiger partial charge in [0.15, 0.2) is 5.69 Å². The number of nitrogens with zero attached hydrogens (tertiary/aromatic N) is 1. The Morgan fingerprint density at radius 2 is 2.30 bits per heavy atom. The van der Waals surface area contributed by atoms with Crippen molar-refractivity contribution in [2.45, 2.75) is 6.92 Å². The van der Waals surface area contributed by atoms with E-state index in [1.165, 1.54) is 0 Å². The molecule has 1 aromatic carbocycles. The lowest BCUT2D eigenvalue weighted by Gasteiger charge is -2.07. The van der Waals surface area contributed by atoms with Gasteiger partial charge in [-0.15, -0.1) is 0 Å². The van der Waals surface area contributed by atoms with E-state index in [-0.39, 0.29) is 23.2 Å². The molecule has 0 spiro atoms. The summed E-state index contributed by atoms with van der Waals surface area (Å²) in [5.74, 6) is 0.781. The summed E-state index contributed by atoms with van der Waals surface area (Å²) in [5.41, 5.74) is 6.15. The van der Waals surface area contributed by atoms with E-state index in [9.17, 15) is 4.79 Å². The van der Waals surface area contributed by atoms with Crippen molar-refractivity contribution in [1.82, 2.24) is 5.16 Å². The highest BCUT2D eigenvalue weighted by Crippen LogP contribution is 2.18. The zero-order chi connectivity index (χ0) is 14.5. The summed E-state index contributed by atoms with van der Waals surface area (Å²) < 4.78 is 10.2. The second kappa shape index (κ2) is 6.16. The highest BCUT2D eigenvalue weighted by atomic mass is 32.1. The highest BCUT2D eigenvalue weighted by molar-refractivity contribution is 7.80. The molecule has 0 fully saturated rings. The molecule has 7 heteroatoms. The molecule has 0 bridgehead atoms. The fourth-order valence-corrected chi connectivity index (χ4v) is 1.55. The molecule has 104 valence electrons. The summed E-state index contributed by atoms with van der Waals surface area (Å²) in [5, 5.41) is 6.34. The van der Waals surface area contributed by atoms with Crippen LogP contribution in [0.15, 0.2) is 34.9 Å². The van der Waals surface area contributed by atoms with Crippen LogP contribution in [0.1, 0.15) is 16.2 Å². The Labute approximate surface area is 120 Å². The number of amides is 1. The minimum absolute atomic E-state index is 0.148. The molecule has 0 unspecified atom stereocenters. The number of hydrogen-bond donors (Lipinski definition) is 2. The van der Waals surface area contributed by atoms with Gasteiger partial charge >= 0.3 is 0 Å². The van der Waals surface area contributed by atoms with Crippen molar-refractivity contribution in [2.75, 3.05) is 11.9 Å². The van der Waals surface area contributed by atoms with Gasteiger partial charge < -0.3 is 20.3 Å². The Hall–Kier alpha value is -2.41. The standard InChI is InChI=1S/C13H13N3O3S/c1-8-5-11(16-19-8)13(17)15-9-3-2-4-10(6-9)18-7-12(14)20/h2-6H,7H2,1H3,(H2,14,20)(H,15,17). The predicted octanol–water partition coefficient (Wildman–Crippen LogP) is 1.90. The first-order chi connectivity index (χ1) is 9.54. The van der Waals surface area contributed by atoms with Gasteiger partial charge in [-0.1, -0.05) is 23.4 Å². The van der Waals surface area contributed by atoms with Crippen molar-refractivity contribution < 1.29 is 14.1 Å². The summed E-state index contributed by atoms with van der Waals surface area (Å²) in [6, 6.07) is 8.46. The Bertz CT molecular complexity index is 639. The monoisotopic (exact) mass is 291 g/mol. The number of hydrogen-bond acceptors (Lipinski definition) is 5. The van der Waals surface area contributed by atoms with E-state index in [1.807, 2.05) is 0 Å². The second-order valence-corrected chi connectivity index (χ2v) is 4.58. The largest absolute Gasteiger partial charge is 0.486 e. The third-order valence-corrected chi connectivity index (χ3v) is 2.45. The lowest BCUT2D eigenvalue weighted by molar-refractivity contribution is 0.101. The van der Waals surface area contributed by atoms with Crippen molar-refractivity contribution in [3.63, 3.8) is 0 Å². The summed E-state index contributed by atoms with van der Waals surface area (Å²) in [6.07, 6.45) is 0. The molecule has 2 rings (SSSR count). The van der Waals surface area contributed by atoms with Gasteiger partial charge in [-0.25, -0.2) is 0 Å². The molecule has 0 atom stereocenters. The van der Waals surface area contributed by atoms with Crippen LogP contribution in [-0.2, 0) is 0 Å². The smallest absolute Gasteiger partial charge is 0.277 e. The van der Waals surface area contributed by atoms with Gasteiger partial charge in [0.1, 0.15) is 23.1 Å². The first-order valence-corrected chi connectivity index (χ1v) is 6.21. The average Bonchev–Trinajstić information content (AvgIpc) is 2.84. The van der Waals surface area contributed by atoms with E-state index >= 15 is 0 Å². The quantitative estimate of drug-likeness (QED) is 0.818. The fourth-order valence-electron chi connectivity index (χ4n) is 1.49. The molecule has 1 heterocycles. The molecule has 0 aliphatic rings. The molecule has 2 aromatic rings. The molecule has 3 N–H and O–H groups in total. The van der Waals surface area contributed by atoms with Crippen LogP contribution in [-0.4, -0.2) is 22.7 Å². The molecule has 1 aromatic heterocycles. The number of carbonyl (C=O) groups is 1. The van der Waals surface area contributed by atoms with Crippen LogP contribution in [0.3, 0.4) is 0 Å². The third-order valence-electron chi connectivity index (χ3n) is 2.33. The average molecular weight is 291 g/mol. The lowest BCUT2D eigenvalue weighted by Crippen LogP contribution is -2.18. The Morgan fingerprint density at radius 3 is 2.95 bits per heavy atom. The van der Waals surface area contributed by atoms with Crippen LogP contribution >= 0.6 is 12.2 Å². The third kappa shape index (κ3) is 3.79.